The van der Waals surface area contributed by atoms with Gasteiger partial charge in [0.25, 0.3) is 0 Å². The lowest BCUT2D eigenvalue weighted by Gasteiger charge is -1.98. The number of carboxylic acid groups (broad SMARTS) is 1. The Balaban J connectivity index is 1.81. The van der Waals surface area contributed by atoms with Gasteiger partial charge in [-0.05, 0) is 12.1 Å². The van der Waals surface area contributed by atoms with Gasteiger partial charge < -0.3 is 5.11 Å². The molecule has 3 aromatic heterocycles. The largest absolute Gasteiger partial charge is 0.476 e. The fourth-order valence-electron chi connectivity index (χ4n) is 1.82. The molecule has 0 amide bonds. The van der Waals surface area contributed by atoms with Gasteiger partial charge in [-0.25, -0.2) is 19.0 Å². The second kappa shape index (κ2) is 4.61. The van der Waals surface area contributed by atoms with E-state index in [1.807, 2.05) is 0 Å². The second-order valence-corrected chi connectivity index (χ2v) is 4.11. The van der Waals surface area contributed by atoms with E-state index in [1.165, 1.54) is 20.0 Å². The maximum atomic E-state index is 12.0. The molecule has 0 aliphatic rings. The van der Waals surface area contributed by atoms with Gasteiger partial charge in [0, 0.05) is 6.20 Å². The molecule has 3 heterocycles. The summed E-state index contributed by atoms with van der Waals surface area (Å²) in [6.07, 6.45) is 2.95. The van der Waals surface area contributed by atoms with Gasteiger partial charge in [0.1, 0.15) is 0 Å². The first-order valence-electron chi connectivity index (χ1n) is 5.83. The van der Waals surface area contributed by atoms with Crippen LogP contribution in [0, 0.1) is 0 Å². The Morgan fingerprint density at radius 3 is 2.85 bits per heavy atom. The molecule has 0 radical (unpaired) electrons. The Labute approximate surface area is 111 Å². The smallest absolute Gasteiger partial charge is 0.358 e. The van der Waals surface area contributed by atoms with Crippen LogP contribution in [-0.2, 0) is 13.1 Å². The molecule has 9 heteroatoms. The molecule has 0 unspecified atom stereocenters. The molecule has 0 fully saturated rings. The maximum Gasteiger partial charge on any atom is 0.358 e. The monoisotopic (exact) mass is 274 g/mol. The van der Waals surface area contributed by atoms with Crippen molar-refractivity contribution in [1.29, 1.82) is 0 Å². The predicted octanol–water partition coefficient (Wildman–Crippen LogP) is -0.514. The third kappa shape index (κ3) is 2.05. The third-order valence-corrected chi connectivity index (χ3v) is 2.79. The number of aromatic carboxylic acids is 1. The summed E-state index contributed by atoms with van der Waals surface area (Å²) in [4.78, 5) is 22.7. The third-order valence-electron chi connectivity index (χ3n) is 2.79. The van der Waals surface area contributed by atoms with Gasteiger partial charge in [0.2, 0.25) is 0 Å². The number of hydrogen-bond acceptors (Lipinski definition) is 5. The summed E-state index contributed by atoms with van der Waals surface area (Å²) in [6, 6.07) is 5.27. The van der Waals surface area contributed by atoms with Gasteiger partial charge in [-0.3, -0.25) is 4.40 Å². The SMILES string of the molecule is O=C(O)c1cn(CCn2nc3ccccn3c2=O)nn1. The summed E-state index contributed by atoms with van der Waals surface area (Å²) in [7, 11) is 0. The van der Waals surface area contributed by atoms with E-state index < -0.39 is 5.97 Å². The van der Waals surface area contributed by atoms with Crippen LogP contribution in [0.4, 0.5) is 0 Å². The second-order valence-electron chi connectivity index (χ2n) is 4.11. The standard InChI is InChI=1S/C11H10N6O3/c18-10(19)8-7-15(14-12-8)5-6-17-11(20)16-4-2-1-3-9(16)13-17/h1-4,7H,5-6H2,(H,18,19). The summed E-state index contributed by atoms with van der Waals surface area (Å²) in [5, 5.41) is 20.1. The molecule has 1 N–H and O–H groups in total. The van der Waals surface area contributed by atoms with Crippen molar-refractivity contribution < 1.29 is 9.90 Å². The minimum absolute atomic E-state index is 0.132. The number of carbonyl (C=O) groups is 1. The van der Waals surface area contributed by atoms with Crippen LogP contribution in [-0.4, -0.2) is 40.3 Å². The first-order chi connectivity index (χ1) is 9.65. The Kier molecular flexibility index (Phi) is 2.78. The first-order valence-corrected chi connectivity index (χ1v) is 5.83. The Morgan fingerprint density at radius 1 is 1.30 bits per heavy atom. The van der Waals surface area contributed by atoms with Crippen molar-refractivity contribution in [1.82, 2.24) is 29.2 Å². The first kappa shape index (κ1) is 12.1. The van der Waals surface area contributed by atoms with Crippen LogP contribution in [0.3, 0.4) is 0 Å². The molecule has 3 rings (SSSR count). The Morgan fingerprint density at radius 2 is 2.15 bits per heavy atom. The maximum absolute atomic E-state index is 12.0. The number of pyridine rings is 1. The van der Waals surface area contributed by atoms with Crippen molar-refractivity contribution >= 4 is 11.6 Å². The number of aromatic nitrogens is 6. The lowest BCUT2D eigenvalue weighted by Crippen LogP contribution is -2.23. The van der Waals surface area contributed by atoms with Gasteiger partial charge in [-0.15, -0.1) is 10.2 Å². The van der Waals surface area contributed by atoms with Crippen molar-refractivity contribution in [2.45, 2.75) is 13.1 Å². The van der Waals surface area contributed by atoms with Crippen LogP contribution in [0.1, 0.15) is 10.5 Å². The number of fused-ring (bicyclic) bond motifs is 1. The zero-order valence-corrected chi connectivity index (χ0v) is 10.2. The van der Waals surface area contributed by atoms with E-state index in [9.17, 15) is 9.59 Å². The fraction of sp³-hybridized carbons (Fsp3) is 0.182. The minimum Gasteiger partial charge on any atom is -0.476 e. The quantitative estimate of drug-likeness (QED) is 0.686. The molecule has 0 atom stereocenters. The predicted molar refractivity (Wildman–Crippen MR) is 66.4 cm³/mol. The van der Waals surface area contributed by atoms with Crippen molar-refractivity contribution in [2.75, 3.05) is 0 Å². The van der Waals surface area contributed by atoms with Gasteiger partial charge in [-0.1, -0.05) is 11.3 Å². The van der Waals surface area contributed by atoms with Crippen molar-refractivity contribution in [3.63, 3.8) is 0 Å². The molecular weight excluding hydrogens is 264 g/mol. The average molecular weight is 274 g/mol. The van der Waals surface area contributed by atoms with Crippen LogP contribution in [0.2, 0.25) is 0 Å². The number of carboxylic acids is 1. The highest BCUT2D eigenvalue weighted by molar-refractivity contribution is 5.84. The molecule has 0 spiro atoms. The molecule has 20 heavy (non-hydrogen) atoms. The van der Waals surface area contributed by atoms with Gasteiger partial charge in [-0.2, -0.15) is 0 Å². The topological polar surface area (TPSA) is 107 Å². The van der Waals surface area contributed by atoms with Crippen LogP contribution < -0.4 is 5.69 Å². The minimum atomic E-state index is -1.14. The highest BCUT2D eigenvalue weighted by Crippen LogP contribution is 1.97. The molecule has 0 bridgehead atoms. The van der Waals surface area contributed by atoms with E-state index in [0.717, 1.165) is 0 Å². The molecule has 0 saturated heterocycles. The summed E-state index contributed by atoms with van der Waals surface area (Å²) in [5.41, 5.74) is 0.175. The van der Waals surface area contributed by atoms with E-state index in [2.05, 4.69) is 15.4 Å². The molecule has 0 aliphatic heterocycles. The average Bonchev–Trinajstić information content (AvgIpc) is 3.03. The van der Waals surface area contributed by atoms with Gasteiger partial charge >= 0.3 is 11.7 Å². The van der Waals surface area contributed by atoms with Crippen LogP contribution in [0.5, 0.6) is 0 Å². The van der Waals surface area contributed by atoms with Crippen LogP contribution in [0.25, 0.3) is 5.65 Å². The van der Waals surface area contributed by atoms with Crippen molar-refractivity contribution in [2.24, 2.45) is 0 Å². The van der Waals surface area contributed by atoms with E-state index in [-0.39, 0.29) is 17.9 Å². The number of nitrogens with zero attached hydrogens (tertiary/aromatic N) is 6. The fourth-order valence-corrected chi connectivity index (χ4v) is 1.82. The molecular formula is C11H10N6O3. The summed E-state index contributed by atoms with van der Waals surface area (Å²) < 4.78 is 4.10. The highest BCUT2D eigenvalue weighted by Gasteiger charge is 2.09. The van der Waals surface area contributed by atoms with Gasteiger partial charge in [0.15, 0.2) is 11.3 Å². The molecule has 0 aromatic carbocycles. The molecule has 102 valence electrons. The molecule has 0 aliphatic carbocycles. The van der Waals surface area contributed by atoms with E-state index in [4.69, 9.17) is 5.11 Å². The summed E-state index contributed by atoms with van der Waals surface area (Å²) in [5.74, 6) is -1.14. The number of hydrogen-bond donors (Lipinski definition) is 1. The highest BCUT2D eigenvalue weighted by atomic mass is 16.4. The Bertz CT molecular complexity index is 830. The zero-order valence-electron chi connectivity index (χ0n) is 10.2. The Hall–Kier alpha value is -2.97. The summed E-state index contributed by atoms with van der Waals surface area (Å²) in [6.45, 7) is 0.590. The van der Waals surface area contributed by atoms with Crippen molar-refractivity contribution in [3.8, 4) is 0 Å². The molecule has 3 aromatic rings. The zero-order chi connectivity index (χ0) is 14.1. The van der Waals surface area contributed by atoms with E-state index in [0.29, 0.717) is 12.2 Å². The van der Waals surface area contributed by atoms with Crippen molar-refractivity contribution in [3.05, 3.63) is 46.8 Å². The van der Waals surface area contributed by atoms with Crippen LogP contribution >= 0.6 is 0 Å². The normalized spacial score (nSPS) is 11.0. The molecule has 9 nitrogen and oxygen atoms in total. The van der Waals surface area contributed by atoms with Gasteiger partial charge in [0.05, 0.1) is 19.3 Å². The van der Waals surface area contributed by atoms with E-state index in [1.54, 1.807) is 24.4 Å². The lowest BCUT2D eigenvalue weighted by molar-refractivity contribution is 0.0690. The number of aryl methyl sites for hydroxylation is 2. The summed E-state index contributed by atoms with van der Waals surface area (Å²) >= 11 is 0. The lowest BCUT2D eigenvalue weighted by atomic mass is 10.5. The molecule has 0 saturated carbocycles. The van der Waals surface area contributed by atoms with Crippen LogP contribution in [0.15, 0.2) is 35.4 Å². The van der Waals surface area contributed by atoms with E-state index >= 15 is 0 Å². The number of rotatable bonds is 4.